The molecule has 1 rings (SSSR count). The van der Waals surface area contributed by atoms with Gasteiger partial charge in [-0.1, -0.05) is 11.3 Å². The number of nitrogens with one attached hydrogen (secondary N) is 1. The number of thiazole rings is 1. The predicted octanol–water partition coefficient (Wildman–Crippen LogP) is 1.17. The number of methoxy groups -OCH3 is 1. The SMILES string of the molecule is COC(=O)c1[nH]c(=S)sc1N. The van der Waals surface area contributed by atoms with E-state index in [2.05, 4.69) is 9.72 Å². The minimum absolute atomic E-state index is 0.238. The maximum Gasteiger partial charge on any atom is 0.357 e. The summed E-state index contributed by atoms with van der Waals surface area (Å²) < 4.78 is 4.92. The Balaban J connectivity index is 3.13. The minimum Gasteiger partial charge on any atom is -0.464 e. The van der Waals surface area contributed by atoms with Crippen LogP contribution in [0.3, 0.4) is 0 Å². The third kappa shape index (κ3) is 1.58. The maximum absolute atomic E-state index is 10.9. The van der Waals surface area contributed by atoms with Crippen molar-refractivity contribution in [2.45, 2.75) is 0 Å². The molecule has 0 aliphatic heterocycles. The highest BCUT2D eigenvalue weighted by molar-refractivity contribution is 7.73. The molecule has 0 amide bonds. The Labute approximate surface area is 72.0 Å². The number of carbonyl (C=O) groups excluding carboxylic acids is 1. The molecule has 1 aromatic rings. The number of ether oxygens (including phenoxy) is 1. The van der Waals surface area contributed by atoms with Crippen LogP contribution in [0.2, 0.25) is 0 Å². The zero-order valence-electron chi connectivity index (χ0n) is 5.71. The molecule has 0 aliphatic rings. The molecule has 6 heteroatoms. The molecule has 0 aromatic carbocycles. The molecule has 0 saturated carbocycles. The van der Waals surface area contributed by atoms with E-state index in [0.717, 1.165) is 11.3 Å². The second-order valence-corrected chi connectivity index (χ2v) is 3.46. The number of hydrogen-bond acceptors (Lipinski definition) is 5. The molecule has 0 spiro atoms. The lowest BCUT2D eigenvalue weighted by Crippen LogP contribution is -2.04. The fraction of sp³-hybridized carbons (Fsp3) is 0.200. The first-order valence-electron chi connectivity index (χ1n) is 2.72. The van der Waals surface area contributed by atoms with Gasteiger partial charge in [0.1, 0.15) is 5.00 Å². The Hall–Kier alpha value is -0.880. The number of rotatable bonds is 1. The van der Waals surface area contributed by atoms with Crippen molar-refractivity contribution in [1.29, 1.82) is 0 Å². The number of hydrogen-bond donors (Lipinski definition) is 2. The van der Waals surface area contributed by atoms with Crippen molar-refractivity contribution in [3.05, 3.63) is 9.65 Å². The van der Waals surface area contributed by atoms with Crippen LogP contribution >= 0.6 is 23.6 Å². The summed E-state index contributed by atoms with van der Waals surface area (Å²) in [4.78, 5) is 13.5. The van der Waals surface area contributed by atoms with Gasteiger partial charge in [-0.25, -0.2) is 4.79 Å². The Morgan fingerprint density at radius 1 is 1.82 bits per heavy atom. The first-order chi connectivity index (χ1) is 5.15. The van der Waals surface area contributed by atoms with Crippen LogP contribution in [0.4, 0.5) is 5.00 Å². The summed E-state index contributed by atoms with van der Waals surface area (Å²) >= 11 is 5.91. The van der Waals surface area contributed by atoms with Crippen molar-refractivity contribution >= 4 is 34.5 Å². The largest absolute Gasteiger partial charge is 0.464 e. The van der Waals surface area contributed by atoms with Crippen LogP contribution in [0, 0.1) is 3.95 Å². The number of carbonyl (C=O) groups is 1. The van der Waals surface area contributed by atoms with Crippen molar-refractivity contribution in [2.24, 2.45) is 0 Å². The number of nitrogens with two attached hydrogens (primary N) is 1. The average Bonchev–Trinajstić information content (AvgIpc) is 2.28. The highest BCUT2D eigenvalue weighted by Gasteiger charge is 2.11. The summed E-state index contributed by atoms with van der Waals surface area (Å²) in [6.45, 7) is 0. The van der Waals surface area contributed by atoms with Gasteiger partial charge in [-0.05, 0) is 12.2 Å². The maximum atomic E-state index is 10.9. The Bertz CT molecular complexity index is 327. The van der Waals surface area contributed by atoms with Crippen molar-refractivity contribution in [2.75, 3.05) is 12.8 Å². The zero-order valence-corrected chi connectivity index (χ0v) is 7.34. The van der Waals surface area contributed by atoms with Crippen LogP contribution < -0.4 is 5.73 Å². The molecule has 60 valence electrons. The molecule has 11 heavy (non-hydrogen) atoms. The molecule has 0 atom stereocenters. The lowest BCUT2D eigenvalue weighted by molar-refractivity contribution is 0.0596. The summed E-state index contributed by atoms with van der Waals surface area (Å²) in [5, 5.41) is 0.363. The highest BCUT2D eigenvalue weighted by Crippen LogP contribution is 2.17. The van der Waals surface area contributed by atoms with Crippen LogP contribution in [0.25, 0.3) is 0 Å². The van der Waals surface area contributed by atoms with Gasteiger partial charge in [-0.15, -0.1) is 0 Å². The second kappa shape index (κ2) is 3.02. The molecule has 0 bridgehead atoms. The van der Waals surface area contributed by atoms with Gasteiger partial charge in [0.05, 0.1) is 7.11 Å². The minimum atomic E-state index is -0.491. The Morgan fingerprint density at radius 3 is 2.82 bits per heavy atom. The molecule has 4 nitrogen and oxygen atoms in total. The van der Waals surface area contributed by atoms with E-state index in [0.29, 0.717) is 8.96 Å². The standard InChI is InChI=1S/C5H6N2O2S2/c1-9-4(8)2-3(6)11-5(10)7-2/h6H2,1H3,(H,7,10). The van der Waals surface area contributed by atoms with Crippen LogP contribution in [0.1, 0.15) is 10.5 Å². The smallest absolute Gasteiger partial charge is 0.357 e. The van der Waals surface area contributed by atoms with Gasteiger partial charge in [-0.3, -0.25) is 0 Å². The van der Waals surface area contributed by atoms with Gasteiger partial charge >= 0.3 is 5.97 Å². The van der Waals surface area contributed by atoms with Gasteiger partial charge in [0.25, 0.3) is 0 Å². The van der Waals surface area contributed by atoms with Gasteiger partial charge in [0.15, 0.2) is 9.65 Å². The summed E-state index contributed by atoms with van der Waals surface area (Å²) in [6, 6.07) is 0. The lowest BCUT2D eigenvalue weighted by atomic mass is 10.5. The molecule has 1 heterocycles. The first-order valence-corrected chi connectivity index (χ1v) is 3.94. The van der Waals surface area contributed by atoms with Crippen molar-refractivity contribution in [3.8, 4) is 0 Å². The molecular weight excluding hydrogens is 184 g/mol. The summed E-state index contributed by atoms with van der Waals surface area (Å²) in [7, 11) is 1.29. The number of aromatic nitrogens is 1. The zero-order chi connectivity index (χ0) is 8.43. The lowest BCUT2D eigenvalue weighted by Gasteiger charge is -1.94. The fourth-order valence-corrected chi connectivity index (χ4v) is 1.55. The third-order valence-corrected chi connectivity index (χ3v) is 2.13. The molecule has 0 radical (unpaired) electrons. The normalized spacial score (nSPS) is 9.55. The second-order valence-electron chi connectivity index (χ2n) is 1.75. The van der Waals surface area contributed by atoms with Crippen LogP contribution in [-0.4, -0.2) is 18.1 Å². The molecule has 1 aromatic heterocycles. The van der Waals surface area contributed by atoms with E-state index in [1.54, 1.807) is 0 Å². The topological polar surface area (TPSA) is 68.1 Å². The van der Waals surface area contributed by atoms with Crippen molar-refractivity contribution in [1.82, 2.24) is 4.98 Å². The van der Waals surface area contributed by atoms with Crippen molar-refractivity contribution < 1.29 is 9.53 Å². The van der Waals surface area contributed by atoms with E-state index in [1.165, 1.54) is 7.11 Å². The molecule has 0 aliphatic carbocycles. The van der Waals surface area contributed by atoms with Gasteiger partial charge in [0.2, 0.25) is 0 Å². The number of esters is 1. The van der Waals surface area contributed by atoms with E-state index in [-0.39, 0.29) is 5.69 Å². The van der Waals surface area contributed by atoms with E-state index < -0.39 is 5.97 Å². The van der Waals surface area contributed by atoms with Crippen molar-refractivity contribution in [3.63, 3.8) is 0 Å². The Kier molecular flexibility index (Phi) is 2.25. The van der Waals surface area contributed by atoms with Gasteiger partial charge in [0, 0.05) is 0 Å². The summed E-state index contributed by atoms with van der Waals surface area (Å²) in [5.41, 5.74) is 5.68. The predicted molar refractivity (Wildman–Crippen MR) is 45.3 cm³/mol. The molecule has 3 N–H and O–H groups in total. The summed E-state index contributed by atoms with van der Waals surface area (Å²) in [6.07, 6.45) is 0. The van der Waals surface area contributed by atoms with Crippen LogP contribution in [0.15, 0.2) is 0 Å². The summed E-state index contributed by atoms with van der Waals surface area (Å²) in [5.74, 6) is -0.491. The van der Waals surface area contributed by atoms with Crippen LogP contribution in [0.5, 0.6) is 0 Å². The molecular formula is C5H6N2O2S2. The number of anilines is 1. The van der Waals surface area contributed by atoms with E-state index in [4.69, 9.17) is 18.0 Å². The fourth-order valence-electron chi connectivity index (χ4n) is 0.594. The van der Waals surface area contributed by atoms with Crippen LogP contribution in [-0.2, 0) is 4.74 Å². The number of H-pyrrole nitrogens is 1. The van der Waals surface area contributed by atoms with E-state index in [1.807, 2.05) is 0 Å². The quantitative estimate of drug-likeness (QED) is 0.515. The third-order valence-electron chi connectivity index (χ3n) is 1.07. The first kappa shape index (κ1) is 8.22. The van der Waals surface area contributed by atoms with Gasteiger partial charge in [-0.2, -0.15) is 0 Å². The highest BCUT2D eigenvalue weighted by atomic mass is 32.1. The van der Waals surface area contributed by atoms with E-state index >= 15 is 0 Å². The number of aromatic amines is 1. The van der Waals surface area contributed by atoms with Gasteiger partial charge < -0.3 is 15.5 Å². The Morgan fingerprint density at radius 2 is 2.45 bits per heavy atom. The monoisotopic (exact) mass is 190 g/mol. The molecule has 0 fully saturated rings. The molecule has 0 saturated heterocycles. The van der Waals surface area contributed by atoms with E-state index in [9.17, 15) is 4.79 Å². The molecule has 0 unspecified atom stereocenters. The number of nitrogen functional groups attached to an aromatic ring is 1. The average molecular weight is 190 g/mol.